The number of halogens is 3. The third-order valence-electron chi connectivity index (χ3n) is 11.1. The predicted molar refractivity (Wildman–Crippen MR) is 165 cm³/mol. The lowest BCUT2D eigenvalue weighted by Gasteiger charge is -2.43. The number of hydrogen-bond acceptors (Lipinski definition) is 5. The van der Waals surface area contributed by atoms with E-state index in [0.29, 0.717) is 29.6 Å². The molecule has 4 fully saturated rings. The molecule has 2 saturated carbocycles. The summed E-state index contributed by atoms with van der Waals surface area (Å²) in [6.45, 7) is 4.27. The molecule has 1 unspecified atom stereocenters. The molecule has 1 aromatic carbocycles. The molecule has 0 bridgehead atoms. The first kappa shape index (κ1) is 30.0. The number of rotatable bonds is 6. The fourth-order valence-corrected chi connectivity index (χ4v) is 8.35. The molecule has 0 amide bonds. The molecule has 2 saturated heterocycles. The molecule has 2 N–H and O–H groups in total. The van der Waals surface area contributed by atoms with Gasteiger partial charge in [-0.15, -0.1) is 0 Å². The van der Waals surface area contributed by atoms with E-state index in [-0.39, 0.29) is 23.3 Å². The number of likely N-dealkylation sites (tertiary alicyclic amines) is 1. The average molecular weight is 611 g/mol. The first-order chi connectivity index (χ1) is 21.1. The highest BCUT2D eigenvalue weighted by Crippen LogP contribution is 2.45. The molecule has 2 aliphatic carbocycles. The predicted octanol–water partition coefficient (Wildman–Crippen LogP) is 6.25. The molecule has 1 spiro atoms. The Bertz CT molecular complexity index is 1550. The van der Waals surface area contributed by atoms with Crippen molar-refractivity contribution in [1.82, 2.24) is 29.6 Å². The van der Waals surface area contributed by atoms with Gasteiger partial charge in [-0.25, -0.2) is 15.6 Å². The van der Waals surface area contributed by atoms with Crippen LogP contribution in [0.5, 0.6) is 0 Å². The Hall–Kier alpha value is -2.66. The third-order valence-corrected chi connectivity index (χ3v) is 11.1. The summed E-state index contributed by atoms with van der Waals surface area (Å²) in [6.07, 6.45) is 10.2. The van der Waals surface area contributed by atoms with Crippen molar-refractivity contribution in [3.05, 3.63) is 69.9 Å². The number of nitrogens with zero attached hydrogens (tertiary/aromatic N) is 4. The molecule has 2 aliphatic heterocycles. The molecule has 2 aromatic heterocycles. The summed E-state index contributed by atoms with van der Waals surface area (Å²) in [6, 6.07) is 9.15. The molecule has 4 heterocycles. The summed E-state index contributed by atoms with van der Waals surface area (Å²) in [5.74, 6) is 1.22. The Morgan fingerprint density at radius 2 is 1.80 bits per heavy atom. The Morgan fingerprint density at radius 3 is 2.45 bits per heavy atom. The highest BCUT2D eigenvalue weighted by Gasteiger charge is 2.48. The maximum Gasteiger partial charge on any atom is 0.418 e. The molecule has 7 rings (SSSR count). The summed E-state index contributed by atoms with van der Waals surface area (Å²) < 4.78 is 45.6. The number of fused-ring (bicyclic) bond motifs is 1. The van der Waals surface area contributed by atoms with Crippen LogP contribution in [0.2, 0.25) is 0 Å². The molecule has 7 nitrogen and oxygen atoms in total. The van der Waals surface area contributed by atoms with Gasteiger partial charge in [0.15, 0.2) is 0 Å². The van der Waals surface area contributed by atoms with Crippen molar-refractivity contribution in [2.45, 2.75) is 102 Å². The minimum atomic E-state index is -4.57. The second-order valence-corrected chi connectivity index (χ2v) is 14.0. The summed E-state index contributed by atoms with van der Waals surface area (Å²) in [5, 5.41) is 0. The van der Waals surface area contributed by atoms with Gasteiger partial charge in [-0.05, 0) is 86.9 Å². The quantitative estimate of drug-likeness (QED) is 0.346. The van der Waals surface area contributed by atoms with E-state index in [4.69, 9.17) is 0 Å². The van der Waals surface area contributed by atoms with E-state index in [0.717, 1.165) is 50.8 Å². The van der Waals surface area contributed by atoms with E-state index in [1.54, 1.807) is 6.20 Å². The average Bonchev–Trinajstić information content (AvgIpc) is 3.55. The lowest BCUT2D eigenvalue weighted by Crippen LogP contribution is -2.52. The van der Waals surface area contributed by atoms with Crippen molar-refractivity contribution in [1.29, 1.82) is 0 Å². The molecule has 44 heavy (non-hydrogen) atoms. The molecular formula is C34H45F3N6O. The zero-order valence-corrected chi connectivity index (χ0v) is 25.9. The Labute approximate surface area is 257 Å². The first-order valence-corrected chi connectivity index (χ1v) is 16.6. The number of alkyl halides is 3. The molecule has 3 aromatic rings. The minimum absolute atomic E-state index is 0.0590. The number of hydrogen-bond donors (Lipinski definition) is 2. The molecule has 10 heteroatoms. The maximum absolute atomic E-state index is 14.4. The normalized spacial score (nSPS) is 25.9. The van der Waals surface area contributed by atoms with E-state index >= 15 is 0 Å². The fourth-order valence-electron chi connectivity index (χ4n) is 8.35. The highest BCUT2D eigenvalue weighted by atomic mass is 19.4. The standard InChI is InChI=1S/C34H45F3N6O/c1-23-13-16-41(19-23)20-24-17-28(34(35,36)37)29-22-42(32(44)43(29)21-24)27-12-8-11-26(18-27)30(25-9-7-10-25)31-38-39-33(40(31)2)14-5-3-4-6-15-33/h8,11-12,17-18,21-23,25,30-31,38-39H,3-7,9-10,13-16,19-20H2,1-2H3/t23-,30-,31?/m1/s1. The van der Waals surface area contributed by atoms with Gasteiger partial charge in [0, 0.05) is 31.4 Å². The molecule has 4 aliphatic rings. The first-order valence-electron chi connectivity index (χ1n) is 16.6. The van der Waals surface area contributed by atoms with Crippen LogP contribution in [0.3, 0.4) is 0 Å². The van der Waals surface area contributed by atoms with Gasteiger partial charge in [-0.3, -0.25) is 18.8 Å². The van der Waals surface area contributed by atoms with Gasteiger partial charge in [0.05, 0.1) is 28.6 Å². The van der Waals surface area contributed by atoms with Crippen LogP contribution in [-0.4, -0.2) is 50.7 Å². The number of aromatic nitrogens is 2. The van der Waals surface area contributed by atoms with Crippen molar-refractivity contribution >= 4 is 5.52 Å². The van der Waals surface area contributed by atoms with Crippen LogP contribution < -0.4 is 16.5 Å². The Morgan fingerprint density at radius 1 is 1.02 bits per heavy atom. The number of likely N-dealkylation sites (N-methyl/N-ethyl adjacent to an activating group) is 1. The number of pyridine rings is 1. The molecule has 3 atom stereocenters. The number of benzene rings is 1. The lowest BCUT2D eigenvalue weighted by atomic mass is 9.71. The van der Waals surface area contributed by atoms with E-state index < -0.39 is 17.4 Å². The van der Waals surface area contributed by atoms with E-state index in [1.807, 2.05) is 18.2 Å². The number of nitrogens with one attached hydrogen (secondary N) is 2. The molecule has 0 radical (unpaired) electrons. The van der Waals surface area contributed by atoms with E-state index in [1.165, 1.54) is 53.3 Å². The smallest absolute Gasteiger partial charge is 0.299 e. The van der Waals surface area contributed by atoms with Crippen molar-refractivity contribution in [3.63, 3.8) is 0 Å². The molecular weight excluding hydrogens is 565 g/mol. The van der Waals surface area contributed by atoms with Crippen LogP contribution in [-0.2, 0) is 12.7 Å². The van der Waals surface area contributed by atoms with Crippen LogP contribution in [0, 0.1) is 11.8 Å². The van der Waals surface area contributed by atoms with Gasteiger partial charge in [-0.1, -0.05) is 51.2 Å². The van der Waals surface area contributed by atoms with E-state index in [9.17, 15) is 18.0 Å². The van der Waals surface area contributed by atoms with Crippen molar-refractivity contribution in [3.8, 4) is 5.69 Å². The summed E-state index contributed by atoms with van der Waals surface area (Å²) in [7, 11) is 2.22. The van der Waals surface area contributed by atoms with Crippen molar-refractivity contribution in [2.24, 2.45) is 11.8 Å². The monoisotopic (exact) mass is 610 g/mol. The molecule has 238 valence electrons. The second kappa shape index (κ2) is 11.6. The number of imidazole rings is 1. The van der Waals surface area contributed by atoms with Gasteiger partial charge in [0.1, 0.15) is 0 Å². The lowest BCUT2D eigenvalue weighted by molar-refractivity contribution is -0.136. The summed E-state index contributed by atoms with van der Waals surface area (Å²) in [4.78, 5) is 18.5. The largest absolute Gasteiger partial charge is 0.418 e. The van der Waals surface area contributed by atoms with Gasteiger partial charge in [0.2, 0.25) is 0 Å². The van der Waals surface area contributed by atoms with Gasteiger partial charge >= 0.3 is 11.9 Å². The third kappa shape index (κ3) is 5.42. The van der Waals surface area contributed by atoms with Crippen LogP contribution in [0.1, 0.15) is 93.7 Å². The van der Waals surface area contributed by atoms with Crippen LogP contribution >= 0.6 is 0 Å². The fraction of sp³-hybridized carbons (Fsp3) is 0.618. The van der Waals surface area contributed by atoms with Gasteiger partial charge in [0.25, 0.3) is 0 Å². The number of hydrazine groups is 1. The van der Waals surface area contributed by atoms with Gasteiger partial charge in [-0.2, -0.15) is 13.2 Å². The Kier molecular flexibility index (Phi) is 7.92. The van der Waals surface area contributed by atoms with Crippen LogP contribution in [0.4, 0.5) is 13.2 Å². The summed E-state index contributed by atoms with van der Waals surface area (Å²) >= 11 is 0. The summed E-state index contributed by atoms with van der Waals surface area (Å²) in [5.41, 5.74) is 8.18. The van der Waals surface area contributed by atoms with Crippen LogP contribution in [0.15, 0.2) is 47.5 Å². The van der Waals surface area contributed by atoms with Crippen LogP contribution in [0.25, 0.3) is 11.2 Å². The Balaban J connectivity index is 1.25. The second-order valence-electron chi connectivity index (χ2n) is 14.0. The SMILES string of the molecule is C[C@@H]1CCN(Cc2cc(C(F)(F)F)c3cn(-c4cccc([C@@H](C5CCC5)C5NNC6(CCCCCC6)N5C)c4)c(=O)n3c2)C1. The minimum Gasteiger partial charge on any atom is -0.299 e. The van der Waals surface area contributed by atoms with Crippen molar-refractivity contribution < 1.29 is 13.2 Å². The van der Waals surface area contributed by atoms with Crippen molar-refractivity contribution in [2.75, 3.05) is 20.1 Å². The zero-order chi connectivity index (χ0) is 30.6. The topological polar surface area (TPSA) is 57.0 Å². The zero-order valence-electron chi connectivity index (χ0n) is 25.9. The van der Waals surface area contributed by atoms with E-state index in [2.05, 4.69) is 40.7 Å². The van der Waals surface area contributed by atoms with Gasteiger partial charge < -0.3 is 0 Å². The maximum atomic E-state index is 14.4. The highest BCUT2D eigenvalue weighted by molar-refractivity contribution is 5.58.